The van der Waals surface area contributed by atoms with E-state index in [1.54, 1.807) is 18.3 Å². The van der Waals surface area contributed by atoms with Crippen LogP contribution < -0.4 is 11.1 Å². The van der Waals surface area contributed by atoms with E-state index in [-0.39, 0.29) is 17.2 Å². The molecule has 1 aliphatic carbocycles. The molecule has 9 heteroatoms. The second kappa shape index (κ2) is 8.17. The zero-order valence-electron chi connectivity index (χ0n) is 16.1. The van der Waals surface area contributed by atoms with Gasteiger partial charge in [-0.15, -0.1) is 11.3 Å². The van der Waals surface area contributed by atoms with Crippen LogP contribution in [0.25, 0.3) is 15.9 Å². The van der Waals surface area contributed by atoms with Crippen molar-refractivity contribution in [3.8, 4) is 0 Å². The van der Waals surface area contributed by atoms with Gasteiger partial charge in [-0.2, -0.15) is 0 Å². The summed E-state index contributed by atoms with van der Waals surface area (Å²) >= 11 is 8.90. The lowest BCUT2D eigenvalue weighted by Crippen LogP contribution is -2.28. The first-order valence-corrected chi connectivity index (χ1v) is 12.1. The molecule has 4 aromatic heterocycles. The molecule has 1 aliphatic rings. The number of pyridine rings is 1. The SMILES string of the molecule is O=c1c2sccc2nc(SCc2cc(=O)n3cc(Cl)ccc3n2)n1C1CCCCC1. The third-order valence-electron chi connectivity index (χ3n) is 5.45. The zero-order valence-corrected chi connectivity index (χ0v) is 18.5. The number of fused-ring (bicyclic) bond motifs is 2. The van der Waals surface area contributed by atoms with Gasteiger partial charge in [0, 0.05) is 24.1 Å². The minimum Gasteiger partial charge on any atom is -0.283 e. The standard InChI is InChI=1S/C21H19ClN4O2S2/c22-13-6-7-17-23-14(10-18(27)25(17)11-13)12-30-21-24-16-8-9-29-19(16)20(28)26(21)15-4-2-1-3-5-15/h6-11,15H,1-5,12H2. The van der Waals surface area contributed by atoms with Gasteiger partial charge in [0.25, 0.3) is 11.1 Å². The number of hydrogen-bond acceptors (Lipinski definition) is 6. The van der Waals surface area contributed by atoms with Gasteiger partial charge in [-0.25, -0.2) is 9.97 Å². The van der Waals surface area contributed by atoms with Crippen molar-refractivity contribution in [1.82, 2.24) is 18.9 Å². The van der Waals surface area contributed by atoms with Crippen LogP contribution in [0.15, 0.2) is 50.6 Å². The normalized spacial score (nSPS) is 15.2. The predicted octanol–water partition coefficient (Wildman–Crippen LogP) is 4.92. The molecule has 30 heavy (non-hydrogen) atoms. The summed E-state index contributed by atoms with van der Waals surface area (Å²) < 4.78 is 4.03. The minimum atomic E-state index is -0.177. The van der Waals surface area contributed by atoms with Crippen molar-refractivity contribution in [1.29, 1.82) is 0 Å². The first-order valence-electron chi connectivity index (χ1n) is 9.90. The van der Waals surface area contributed by atoms with Gasteiger partial charge in [-0.1, -0.05) is 42.6 Å². The zero-order chi connectivity index (χ0) is 20.7. The van der Waals surface area contributed by atoms with E-state index in [2.05, 4.69) is 4.98 Å². The Bertz CT molecular complexity index is 1350. The maximum absolute atomic E-state index is 13.2. The van der Waals surface area contributed by atoms with Crippen LogP contribution in [0.1, 0.15) is 43.8 Å². The van der Waals surface area contributed by atoms with Crippen molar-refractivity contribution in [3.63, 3.8) is 0 Å². The van der Waals surface area contributed by atoms with Crippen LogP contribution >= 0.6 is 34.7 Å². The van der Waals surface area contributed by atoms with Crippen LogP contribution in [0.4, 0.5) is 0 Å². The van der Waals surface area contributed by atoms with Crippen molar-refractivity contribution in [3.05, 3.63) is 67.3 Å². The number of aromatic nitrogens is 4. The van der Waals surface area contributed by atoms with E-state index in [0.717, 1.165) is 31.2 Å². The Morgan fingerprint density at radius 1 is 1.13 bits per heavy atom. The molecule has 0 spiro atoms. The smallest absolute Gasteiger partial charge is 0.272 e. The van der Waals surface area contributed by atoms with Crippen molar-refractivity contribution < 1.29 is 0 Å². The quantitative estimate of drug-likeness (QED) is 0.321. The largest absolute Gasteiger partial charge is 0.283 e. The molecule has 0 saturated heterocycles. The van der Waals surface area contributed by atoms with Crippen LogP contribution in [0, 0.1) is 0 Å². The Morgan fingerprint density at radius 3 is 2.80 bits per heavy atom. The van der Waals surface area contributed by atoms with Gasteiger partial charge in [0.05, 0.1) is 16.2 Å². The summed E-state index contributed by atoms with van der Waals surface area (Å²) in [6, 6.07) is 7.03. The molecule has 5 rings (SSSR count). The highest BCUT2D eigenvalue weighted by Gasteiger charge is 2.22. The molecule has 1 saturated carbocycles. The molecule has 4 aromatic rings. The highest BCUT2D eigenvalue weighted by molar-refractivity contribution is 7.98. The first kappa shape index (κ1) is 19.8. The van der Waals surface area contributed by atoms with Crippen LogP contribution in [0.3, 0.4) is 0 Å². The summed E-state index contributed by atoms with van der Waals surface area (Å²) in [5.41, 5.74) is 1.81. The fraction of sp³-hybridized carbons (Fsp3) is 0.333. The van der Waals surface area contributed by atoms with Gasteiger partial charge in [0.15, 0.2) is 5.16 Å². The summed E-state index contributed by atoms with van der Waals surface area (Å²) in [6.45, 7) is 0. The fourth-order valence-corrected chi connectivity index (χ4v) is 5.89. The molecular formula is C21H19ClN4O2S2. The number of thioether (sulfide) groups is 1. The third kappa shape index (κ3) is 3.68. The van der Waals surface area contributed by atoms with Crippen molar-refractivity contribution >= 4 is 50.6 Å². The summed E-state index contributed by atoms with van der Waals surface area (Å²) in [4.78, 5) is 35.0. The molecule has 0 aromatic carbocycles. The average Bonchev–Trinajstić information content (AvgIpc) is 3.22. The second-order valence-corrected chi connectivity index (χ2v) is 9.74. The summed E-state index contributed by atoms with van der Waals surface area (Å²) in [6.07, 6.45) is 7.06. The Morgan fingerprint density at radius 2 is 1.97 bits per heavy atom. The summed E-state index contributed by atoms with van der Waals surface area (Å²) in [5.74, 6) is 0.461. The lowest BCUT2D eigenvalue weighted by Gasteiger charge is -2.25. The van der Waals surface area contributed by atoms with Gasteiger partial charge in [-0.05, 0) is 36.4 Å². The van der Waals surface area contributed by atoms with E-state index < -0.39 is 0 Å². The lowest BCUT2D eigenvalue weighted by molar-refractivity contribution is 0.326. The van der Waals surface area contributed by atoms with E-state index in [1.807, 2.05) is 16.0 Å². The molecule has 1 fully saturated rings. The van der Waals surface area contributed by atoms with Crippen molar-refractivity contribution in [2.24, 2.45) is 0 Å². The first-order chi connectivity index (χ1) is 14.6. The van der Waals surface area contributed by atoms with Gasteiger partial charge in [0.1, 0.15) is 10.3 Å². The number of thiophene rings is 1. The lowest BCUT2D eigenvalue weighted by atomic mass is 9.95. The van der Waals surface area contributed by atoms with Gasteiger partial charge >= 0.3 is 0 Å². The van der Waals surface area contributed by atoms with Gasteiger partial charge in [-0.3, -0.25) is 18.6 Å². The van der Waals surface area contributed by atoms with E-state index >= 15 is 0 Å². The average molecular weight is 459 g/mol. The molecule has 0 unspecified atom stereocenters. The van der Waals surface area contributed by atoms with E-state index in [4.69, 9.17) is 16.6 Å². The Balaban J connectivity index is 1.52. The maximum Gasteiger partial charge on any atom is 0.272 e. The number of hydrogen-bond donors (Lipinski definition) is 0. The molecule has 0 aliphatic heterocycles. The van der Waals surface area contributed by atoms with Gasteiger partial charge in [0.2, 0.25) is 0 Å². The fourth-order valence-electron chi connectivity index (χ4n) is 4.01. The second-order valence-electron chi connectivity index (χ2n) is 7.45. The van der Waals surface area contributed by atoms with E-state index in [0.29, 0.717) is 32.0 Å². The molecular weight excluding hydrogens is 440 g/mol. The van der Waals surface area contributed by atoms with Crippen molar-refractivity contribution in [2.75, 3.05) is 0 Å². The molecule has 4 heterocycles. The van der Waals surface area contributed by atoms with Crippen LogP contribution in [-0.4, -0.2) is 18.9 Å². The van der Waals surface area contributed by atoms with E-state index in [1.165, 1.54) is 40.0 Å². The minimum absolute atomic E-state index is 0.0468. The number of nitrogens with zero attached hydrogens (tertiary/aromatic N) is 4. The summed E-state index contributed by atoms with van der Waals surface area (Å²) in [7, 11) is 0. The molecule has 0 N–H and O–H groups in total. The summed E-state index contributed by atoms with van der Waals surface area (Å²) in [5, 5.41) is 3.10. The number of halogens is 1. The van der Waals surface area contributed by atoms with Crippen molar-refractivity contribution in [2.45, 2.75) is 49.1 Å². The Kier molecular flexibility index (Phi) is 5.39. The predicted molar refractivity (Wildman–Crippen MR) is 122 cm³/mol. The van der Waals surface area contributed by atoms with Crippen LogP contribution in [0.2, 0.25) is 5.02 Å². The molecule has 0 bridgehead atoms. The molecule has 0 amide bonds. The Labute approximate surface area is 185 Å². The van der Waals surface area contributed by atoms with Gasteiger partial charge < -0.3 is 0 Å². The maximum atomic E-state index is 13.2. The highest BCUT2D eigenvalue weighted by atomic mass is 35.5. The monoisotopic (exact) mass is 458 g/mol. The topological polar surface area (TPSA) is 69.3 Å². The number of rotatable bonds is 4. The van der Waals surface area contributed by atoms with Crippen LogP contribution in [-0.2, 0) is 5.75 Å². The molecule has 0 radical (unpaired) electrons. The highest BCUT2D eigenvalue weighted by Crippen LogP contribution is 2.32. The Hall–Kier alpha value is -2.16. The third-order valence-corrected chi connectivity index (χ3v) is 7.55. The van der Waals surface area contributed by atoms with Crippen LogP contribution in [0.5, 0.6) is 0 Å². The molecule has 154 valence electrons. The van der Waals surface area contributed by atoms with E-state index in [9.17, 15) is 9.59 Å². The molecule has 0 atom stereocenters. The molecule has 6 nitrogen and oxygen atoms in total.